The molecule has 0 fully saturated rings. The zero-order chi connectivity index (χ0) is 14.4. The number of nitrogens with zero attached hydrogens (tertiary/aromatic N) is 2. The van der Waals surface area contributed by atoms with Crippen LogP contribution >= 0.6 is 11.9 Å². The summed E-state index contributed by atoms with van der Waals surface area (Å²) < 4.78 is 2.17. The van der Waals surface area contributed by atoms with Gasteiger partial charge in [0.15, 0.2) is 5.78 Å². The number of hydrogen-bond donors (Lipinski definition) is 0. The van der Waals surface area contributed by atoms with E-state index in [0.29, 0.717) is 18.5 Å². The second-order valence-electron chi connectivity index (χ2n) is 4.37. The van der Waals surface area contributed by atoms with Crippen molar-refractivity contribution in [3.05, 3.63) is 59.9 Å². The average Bonchev–Trinajstić information content (AvgIpc) is 2.53. The molecule has 0 N–H and O–H groups in total. The van der Waals surface area contributed by atoms with E-state index in [1.807, 2.05) is 43.5 Å². The lowest BCUT2D eigenvalue weighted by molar-refractivity contribution is 0.0988. The summed E-state index contributed by atoms with van der Waals surface area (Å²) in [6.45, 7) is 2.58. The van der Waals surface area contributed by atoms with Gasteiger partial charge >= 0.3 is 0 Å². The summed E-state index contributed by atoms with van der Waals surface area (Å²) in [4.78, 5) is 16.0. The number of anilines is 1. The Kier molecular flexibility index (Phi) is 5.18. The van der Waals surface area contributed by atoms with Crippen LogP contribution in [0.2, 0.25) is 0 Å². The van der Waals surface area contributed by atoms with Crippen LogP contribution < -0.4 is 4.31 Å². The van der Waals surface area contributed by atoms with Gasteiger partial charge in [-0.1, -0.05) is 37.1 Å². The van der Waals surface area contributed by atoms with E-state index < -0.39 is 0 Å². The van der Waals surface area contributed by atoms with E-state index >= 15 is 0 Å². The zero-order valence-electron chi connectivity index (χ0n) is 11.7. The largest absolute Gasteiger partial charge is 0.310 e. The third-order valence-corrected chi connectivity index (χ3v) is 3.82. The second kappa shape index (κ2) is 7.10. The predicted molar refractivity (Wildman–Crippen MR) is 85.0 cm³/mol. The minimum Gasteiger partial charge on any atom is -0.310 e. The molecule has 1 aromatic carbocycles. The van der Waals surface area contributed by atoms with E-state index in [-0.39, 0.29) is 5.78 Å². The molecule has 0 spiro atoms. The van der Waals surface area contributed by atoms with Crippen LogP contribution in [0.25, 0.3) is 0 Å². The molecule has 0 unspecified atom stereocenters. The quantitative estimate of drug-likeness (QED) is 0.594. The zero-order valence-corrected chi connectivity index (χ0v) is 12.6. The van der Waals surface area contributed by atoms with Crippen molar-refractivity contribution in [1.82, 2.24) is 4.98 Å². The van der Waals surface area contributed by atoms with Gasteiger partial charge in [-0.25, -0.2) is 0 Å². The van der Waals surface area contributed by atoms with E-state index in [4.69, 9.17) is 0 Å². The summed E-state index contributed by atoms with van der Waals surface area (Å²) in [6, 6.07) is 14.0. The molecular formula is C16H18N2OS. The van der Waals surface area contributed by atoms with Gasteiger partial charge in [-0.05, 0) is 24.3 Å². The Hall–Kier alpha value is -1.81. The molecule has 0 saturated carbocycles. The average molecular weight is 286 g/mol. The van der Waals surface area contributed by atoms with Crippen LogP contribution in [-0.2, 0) is 6.54 Å². The Morgan fingerprint density at radius 3 is 2.50 bits per heavy atom. The number of rotatable bonds is 6. The molecule has 20 heavy (non-hydrogen) atoms. The molecule has 1 heterocycles. The van der Waals surface area contributed by atoms with E-state index in [1.54, 1.807) is 18.1 Å². The van der Waals surface area contributed by atoms with Crippen LogP contribution in [0, 0.1) is 0 Å². The lowest BCUT2D eigenvalue weighted by atomic mass is 10.1. The topological polar surface area (TPSA) is 33.2 Å². The highest BCUT2D eigenvalue weighted by Crippen LogP contribution is 2.22. The summed E-state index contributed by atoms with van der Waals surface area (Å²) in [5, 5.41) is 0. The number of ketones is 1. The van der Waals surface area contributed by atoms with Crippen molar-refractivity contribution in [3.8, 4) is 0 Å². The Morgan fingerprint density at radius 1 is 1.20 bits per heavy atom. The Labute approximate surface area is 124 Å². The summed E-state index contributed by atoms with van der Waals surface area (Å²) in [5.74, 6) is 0.133. The first-order valence-electron chi connectivity index (χ1n) is 6.59. The van der Waals surface area contributed by atoms with Crippen LogP contribution in [0.1, 0.15) is 29.4 Å². The number of hydrogen-bond acceptors (Lipinski definition) is 4. The van der Waals surface area contributed by atoms with Crippen LogP contribution in [0.15, 0.2) is 48.7 Å². The maximum absolute atomic E-state index is 11.6. The van der Waals surface area contributed by atoms with Crippen LogP contribution in [0.5, 0.6) is 0 Å². The van der Waals surface area contributed by atoms with Crippen LogP contribution in [0.3, 0.4) is 0 Å². The van der Waals surface area contributed by atoms with Crippen LogP contribution in [0.4, 0.5) is 5.69 Å². The van der Waals surface area contributed by atoms with Gasteiger partial charge in [0.25, 0.3) is 0 Å². The number of benzene rings is 1. The summed E-state index contributed by atoms with van der Waals surface area (Å²) in [6.07, 6.45) is 4.23. The highest BCUT2D eigenvalue weighted by Gasteiger charge is 2.08. The highest BCUT2D eigenvalue weighted by atomic mass is 32.2. The van der Waals surface area contributed by atoms with E-state index in [0.717, 1.165) is 11.4 Å². The monoisotopic (exact) mass is 286 g/mol. The summed E-state index contributed by atoms with van der Waals surface area (Å²) >= 11 is 1.66. The molecule has 2 rings (SSSR count). The first kappa shape index (κ1) is 14.6. The van der Waals surface area contributed by atoms with E-state index in [9.17, 15) is 4.79 Å². The Bertz CT molecular complexity index is 554. The lowest BCUT2D eigenvalue weighted by Crippen LogP contribution is -2.14. The molecule has 0 aliphatic carbocycles. The van der Waals surface area contributed by atoms with Crippen molar-refractivity contribution in [1.29, 1.82) is 0 Å². The first-order chi connectivity index (χ1) is 9.74. The normalized spacial score (nSPS) is 10.3. The van der Waals surface area contributed by atoms with Gasteiger partial charge < -0.3 is 4.31 Å². The van der Waals surface area contributed by atoms with Gasteiger partial charge in [-0.3, -0.25) is 9.78 Å². The van der Waals surface area contributed by atoms with Crippen molar-refractivity contribution in [3.63, 3.8) is 0 Å². The minimum absolute atomic E-state index is 0.133. The molecule has 0 atom stereocenters. The van der Waals surface area contributed by atoms with Gasteiger partial charge in [0.2, 0.25) is 0 Å². The third-order valence-electron chi connectivity index (χ3n) is 3.04. The molecule has 3 nitrogen and oxygen atoms in total. The summed E-state index contributed by atoms with van der Waals surface area (Å²) in [7, 11) is 0. The van der Waals surface area contributed by atoms with Gasteiger partial charge in [0.1, 0.15) is 0 Å². The van der Waals surface area contributed by atoms with E-state index in [1.165, 1.54) is 0 Å². The minimum atomic E-state index is 0.133. The van der Waals surface area contributed by atoms with Crippen molar-refractivity contribution in [2.45, 2.75) is 19.9 Å². The number of pyridine rings is 1. The maximum atomic E-state index is 11.6. The van der Waals surface area contributed by atoms with Gasteiger partial charge in [-0.15, -0.1) is 0 Å². The molecule has 4 heteroatoms. The molecule has 0 aliphatic heterocycles. The maximum Gasteiger partial charge on any atom is 0.164 e. The lowest BCUT2D eigenvalue weighted by Gasteiger charge is -2.21. The predicted octanol–water partition coefficient (Wildman–Crippen LogP) is 3.96. The SMILES string of the molecule is CCC(=O)c1ccc(CN(SC)c2ccccc2)nc1. The molecule has 2 aromatic rings. The van der Waals surface area contributed by atoms with Gasteiger partial charge in [0, 0.05) is 30.1 Å². The number of para-hydroxylation sites is 1. The molecule has 0 aliphatic rings. The van der Waals surface area contributed by atoms with Crippen molar-refractivity contribution < 1.29 is 4.79 Å². The molecule has 0 radical (unpaired) electrons. The molecule has 0 saturated heterocycles. The number of carbonyl (C=O) groups is 1. The van der Waals surface area contributed by atoms with Crippen molar-refractivity contribution in [2.75, 3.05) is 10.6 Å². The number of Topliss-reactive ketones (excluding diaryl/α,β-unsaturated/α-hetero) is 1. The number of carbonyl (C=O) groups excluding carboxylic acids is 1. The molecule has 0 amide bonds. The van der Waals surface area contributed by atoms with Gasteiger partial charge in [0.05, 0.1) is 12.2 Å². The number of aromatic nitrogens is 1. The molecule has 104 valence electrons. The Morgan fingerprint density at radius 2 is 1.95 bits per heavy atom. The summed E-state index contributed by atoms with van der Waals surface area (Å²) in [5.41, 5.74) is 2.79. The smallest absolute Gasteiger partial charge is 0.164 e. The fourth-order valence-corrected chi connectivity index (χ4v) is 2.48. The standard InChI is InChI=1S/C16H18N2OS/c1-3-16(19)13-9-10-14(17-11-13)12-18(20-2)15-7-5-4-6-8-15/h4-11H,3,12H2,1-2H3. The second-order valence-corrected chi connectivity index (χ2v) is 5.18. The molecule has 1 aromatic heterocycles. The first-order valence-corrected chi connectivity index (χ1v) is 7.77. The van der Waals surface area contributed by atoms with E-state index in [2.05, 4.69) is 21.4 Å². The van der Waals surface area contributed by atoms with Crippen molar-refractivity contribution >= 4 is 23.4 Å². The highest BCUT2D eigenvalue weighted by molar-refractivity contribution is 7.99. The molecular weight excluding hydrogens is 268 g/mol. The fraction of sp³-hybridized carbons (Fsp3) is 0.250. The third kappa shape index (κ3) is 3.61. The fourth-order valence-electron chi connectivity index (χ4n) is 1.89. The Balaban J connectivity index is 2.10. The van der Waals surface area contributed by atoms with Gasteiger partial charge in [-0.2, -0.15) is 0 Å². The van der Waals surface area contributed by atoms with Crippen molar-refractivity contribution in [2.24, 2.45) is 0 Å². The van der Waals surface area contributed by atoms with Crippen LogP contribution in [-0.4, -0.2) is 17.0 Å². The molecule has 0 bridgehead atoms.